The van der Waals surface area contributed by atoms with Crippen molar-refractivity contribution in [3.63, 3.8) is 0 Å². The number of piperazine rings is 1. The number of benzene rings is 1. The molecular formula is C19H27FN2O3. The van der Waals surface area contributed by atoms with Crippen molar-refractivity contribution >= 4 is 5.91 Å². The summed E-state index contributed by atoms with van der Waals surface area (Å²) in [6.45, 7) is 3.49. The molecule has 1 N–H and O–H groups in total. The fourth-order valence-corrected chi connectivity index (χ4v) is 3.68. The number of hydrogen-bond donors (Lipinski definition) is 1. The fourth-order valence-electron chi connectivity index (χ4n) is 3.68. The Morgan fingerprint density at radius 3 is 2.56 bits per heavy atom. The van der Waals surface area contributed by atoms with E-state index in [2.05, 4.69) is 4.90 Å². The minimum Gasteiger partial charge on any atom is -0.488 e. The van der Waals surface area contributed by atoms with Crippen molar-refractivity contribution in [1.29, 1.82) is 0 Å². The summed E-state index contributed by atoms with van der Waals surface area (Å²) in [5, 5.41) is 10.1. The predicted octanol–water partition coefficient (Wildman–Crippen LogP) is 1.90. The Bertz CT molecular complexity index is 570. The Hall–Kier alpha value is -1.66. The lowest BCUT2D eigenvalue weighted by molar-refractivity contribution is -0.137. The number of amides is 1. The first kappa shape index (κ1) is 18.1. The van der Waals surface area contributed by atoms with E-state index < -0.39 is 11.9 Å². The largest absolute Gasteiger partial charge is 0.488 e. The molecule has 5 nitrogen and oxygen atoms in total. The molecule has 1 saturated heterocycles. The van der Waals surface area contributed by atoms with Gasteiger partial charge in [0.15, 0.2) is 11.6 Å². The number of halogens is 1. The number of aliphatic hydroxyl groups excluding tert-OH is 1. The smallest absolute Gasteiger partial charge is 0.225 e. The molecule has 1 unspecified atom stereocenters. The molecule has 138 valence electrons. The maximum Gasteiger partial charge on any atom is 0.225 e. The highest BCUT2D eigenvalue weighted by Gasteiger charge is 2.29. The number of β-amino-alcohol motifs (C(OH)–C–C–N with tert-alkyl or cyclic N) is 1. The molecule has 2 fully saturated rings. The van der Waals surface area contributed by atoms with Crippen LogP contribution in [0.5, 0.6) is 5.75 Å². The van der Waals surface area contributed by atoms with E-state index >= 15 is 0 Å². The minimum atomic E-state index is -0.684. The quantitative estimate of drug-likeness (QED) is 0.851. The van der Waals surface area contributed by atoms with Crippen molar-refractivity contribution in [3.8, 4) is 5.75 Å². The third kappa shape index (κ3) is 4.92. The molecule has 1 aliphatic heterocycles. The molecular weight excluding hydrogens is 323 g/mol. The van der Waals surface area contributed by atoms with Gasteiger partial charge >= 0.3 is 0 Å². The molecule has 0 spiro atoms. The van der Waals surface area contributed by atoms with E-state index in [1.54, 1.807) is 18.2 Å². The lowest BCUT2D eigenvalue weighted by atomic mass is 10.1. The zero-order valence-electron chi connectivity index (χ0n) is 14.6. The zero-order chi connectivity index (χ0) is 17.6. The van der Waals surface area contributed by atoms with Gasteiger partial charge in [-0.3, -0.25) is 9.69 Å². The molecule has 2 aliphatic rings. The monoisotopic (exact) mass is 350 g/mol. The van der Waals surface area contributed by atoms with Crippen molar-refractivity contribution in [2.75, 3.05) is 39.3 Å². The number of rotatable bonds is 6. The highest BCUT2D eigenvalue weighted by molar-refractivity contribution is 5.79. The van der Waals surface area contributed by atoms with Crippen LogP contribution in [0.15, 0.2) is 24.3 Å². The molecule has 0 radical (unpaired) electrons. The van der Waals surface area contributed by atoms with Crippen molar-refractivity contribution in [2.45, 2.75) is 31.8 Å². The molecule has 1 atom stereocenters. The van der Waals surface area contributed by atoms with Gasteiger partial charge in [0.2, 0.25) is 5.91 Å². The zero-order valence-corrected chi connectivity index (χ0v) is 14.6. The highest BCUT2D eigenvalue weighted by atomic mass is 19.1. The van der Waals surface area contributed by atoms with Gasteiger partial charge in [-0.05, 0) is 25.0 Å². The average Bonchev–Trinajstić information content (AvgIpc) is 3.16. The van der Waals surface area contributed by atoms with Crippen LogP contribution in [0.4, 0.5) is 4.39 Å². The van der Waals surface area contributed by atoms with Gasteiger partial charge in [-0.25, -0.2) is 4.39 Å². The molecule has 0 aromatic heterocycles. The summed E-state index contributed by atoms with van der Waals surface area (Å²) < 4.78 is 18.8. The number of carbonyl (C=O) groups is 1. The van der Waals surface area contributed by atoms with Gasteiger partial charge in [0.1, 0.15) is 12.7 Å². The lowest BCUT2D eigenvalue weighted by Gasteiger charge is -2.36. The summed E-state index contributed by atoms with van der Waals surface area (Å²) in [4.78, 5) is 16.5. The second-order valence-corrected chi connectivity index (χ2v) is 7.00. The van der Waals surface area contributed by atoms with Crippen molar-refractivity contribution in [3.05, 3.63) is 30.1 Å². The van der Waals surface area contributed by atoms with E-state index in [4.69, 9.17) is 4.74 Å². The van der Waals surface area contributed by atoms with Gasteiger partial charge in [0.05, 0.1) is 0 Å². The molecule has 1 amide bonds. The first-order valence-electron chi connectivity index (χ1n) is 9.20. The Balaban J connectivity index is 1.38. The summed E-state index contributed by atoms with van der Waals surface area (Å²) in [7, 11) is 0. The molecule has 6 heteroatoms. The second kappa shape index (κ2) is 8.63. The standard InChI is InChI=1S/C19H27FN2O3/c20-17-7-3-4-8-18(17)25-14-16(23)13-21-9-11-22(12-10-21)19(24)15-5-1-2-6-15/h3-4,7-8,15-16,23H,1-2,5-6,9-14H2. The van der Waals surface area contributed by atoms with Crippen LogP contribution in [0.3, 0.4) is 0 Å². The second-order valence-electron chi connectivity index (χ2n) is 7.00. The minimum absolute atomic E-state index is 0.0577. The normalized spacial score (nSPS) is 20.6. The van der Waals surface area contributed by atoms with Crippen molar-refractivity contribution < 1.29 is 19.0 Å². The van der Waals surface area contributed by atoms with Crippen LogP contribution < -0.4 is 4.74 Å². The summed E-state index contributed by atoms with van der Waals surface area (Å²) in [5.74, 6) is 0.272. The molecule has 3 rings (SSSR count). The van der Waals surface area contributed by atoms with Crippen molar-refractivity contribution in [2.24, 2.45) is 5.92 Å². The van der Waals surface area contributed by atoms with Crippen LogP contribution in [0.1, 0.15) is 25.7 Å². The molecule has 25 heavy (non-hydrogen) atoms. The van der Waals surface area contributed by atoms with Crippen LogP contribution in [0.25, 0.3) is 0 Å². The van der Waals surface area contributed by atoms with E-state index in [0.29, 0.717) is 12.5 Å². The van der Waals surface area contributed by atoms with Crippen LogP contribution in [0.2, 0.25) is 0 Å². The maximum atomic E-state index is 13.5. The first-order valence-corrected chi connectivity index (χ1v) is 9.20. The van der Waals surface area contributed by atoms with E-state index in [1.807, 2.05) is 4.90 Å². The van der Waals surface area contributed by atoms with E-state index in [0.717, 1.165) is 39.0 Å². The number of aliphatic hydroxyl groups is 1. The Morgan fingerprint density at radius 1 is 1.20 bits per heavy atom. The van der Waals surface area contributed by atoms with E-state index in [9.17, 15) is 14.3 Å². The first-order chi connectivity index (χ1) is 12.1. The number of ether oxygens (including phenoxy) is 1. The third-order valence-corrected chi connectivity index (χ3v) is 5.13. The molecule has 1 aliphatic carbocycles. The fraction of sp³-hybridized carbons (Fsp3) is 0.632. The molecule has 1 aromatic carbocycles. The number of nitrogens with zero attached hydrogens (tertiary/aromatic N) is 2. The summed E-state index contributed by atoms with van der Waals surface area (Å²) in [5.41, 5.74) is 0. The summed E-state index contributed by atoms with van der Waals surface area (Å²) in [6, 6.07) is 6.19. The topological polar surface area (TPSA) is 53.0 Å². The Kier molecular flexibility index (Phi) is 6.26. The molecule has 0 bridgehead atoms. The maximum absolute atomic E-state index is 13.5. The average molecular weight is 350 g/mol. The van der Waals surface area contributed by atoms with Gasteiger partial charge in [-0.1, -0.05) is 25.0 Å². The van der Waals surface area contributed by atoms with Gasteiger partial charge in [-0.2, -0.15) is 0 Å². The summed E-state index contributed by atoms with van der Waals surface area (Å²) in [6.07, 6.45) is 3.72. The van der Waals surface area contributed by atoms with Gasteiger partial charge in [0, 0.05) is 38.6 Å². The van der Waals surface area contributed by atoms with E-state index in [1.165, 1.54) is 18.9 Å². The van der Waals surface area contributed by atoms with Gasteiger partial charge in [-0.15, -0.1) is 0 Å². The Labute approximate surface area is 148 Å². The predicted molar refractivity (Wildman–Crippen MR) is 92.9 cm³/mol. The van der Waals surface area contributed by atoms with Crippen LogP contribution in [-0.4, -0.2) is 66.2 Å². The summed E-state index contributed by atoms with van der Waals surface area (Å²) >= 11 is 0. The SMILES string of the molecule is O=C(C1CCCC1)N1CCN(CC(O)COc2ccccc2F)CC1. The van der Waals surface area contributed by atoms with E-state index in [-0.39, 0.29) is 18.3 Å². The molecule has 1 aromatic rings. The van der Waals surface area contributed by atoms with Gasteiger partial charge in [0.25, 0.3) is 0 Å². The number of hydrogen-bond acceptors (Lipinski definition) is 4. The highest BCUT2D eigenvalue weighted by Crippen LogP contribution is 2.27. The number of carbonyl (C=O) groups excluding carboxylic acids is 1. The van der Waals surface area contributed by atoms with Gasteiger partial charge < -0.3 is 14.7 Å². The molecule has 1 saturated carbocycles. The van der Waals surface area contributed by atoms with Crippen LogP contribution in [0, 0.1) is 11.7 Å². The van der Waals surface area contributed by atoms with Crippen molar-refractivity contribution in [1.82, 2.24) is 9.80 Å². The third-order valence-electron chi connectivity index (χ3n) is 5.13. The Morgan fingerprint density at radius 2 is 1.88 bits per heavy atom. The number of para-hydroxylation sites is 1. The molecule has 1 heterocycles. The lowest BCUT2D eigenvalue weighted by Crippen LogP contribution is -2.52. The van der Waals surface area contributed by atoms with Crippen LogP contribution in [-0.2, 0) is 4.79 Å². The van der Waals surface area contributed by atoms with Crippen LogP contribution >= 0.6 is 0 Å².